The van der Waals surface area contributed by atoms with Gasteiger partial charge in [-0.1, -0.05) is 0 Å². The molecule has 0 heterocycles. The normalized spacial score (nSPS) is 7.50. The van der Waals surface area contributed by atoms with Gasteiger partial charge in [0.05, 0.1) is 0 Å². The van der Waals surface area contributed by atoms with Crippen molar-refractivity contribution in [1.29, 1.82) is 0 Å². The molecule has 0 unspecified atom stereocenters. The van der Waals surface area contributed by atoms with Gasteiger partial charge in [0.15, 0.2) is 12.3 Å². The van der Waals surface area contributed by atoms with E-state index in [-0.39, 0.29) is 12.3 Å². The molecule has 0 saturated heterocycles. The lowest BCUT2D eigenvalue weighted by atomic mass is 13.6. The lowest BCUT2D eigenvalue weighted by Gasteiger charge is -1.71. The maximum absolute atomic E-state index is 7.44. The van der Waals surface area contributed by atoms with Crippen molar-refractivity contribution in [2.75, 3.05) is 0 Å². The Hall–Kier alpha value is 0.230. The van der Waals surface area contributed by atoms with E-state index in [0.29, 0.717) is 0 Å². The molecule has 4 heavy (non-hydrogen) atoms. The molecule has 0 aromatic rings. The Morgan fingerprint density at radius 1 is 2.00 bits per heavy atom. The first-order chi connectivity index (χ1) is 1.91. The maximum Gasteiger partial charge on any atom is 0.175 e. The fraction of sp³-hybridized carbons (Fsp3) is 0. The van der Waals surface area contributed by atoms with Crippen LogP contribution in [0.25, 0.3) is 0 Å². The third-order valence-corrected chi connectivity index (χ3v) is 0.129. The van der Waals surface area contributed by atoms with Crippen molar-refractivity contribution in [2.45, 2.75) is 0 Å². The smallest absolute Gasteiger partial charge is 0.175 e. The average molecular weight is 81.1 g/mol. The van der Waals surface area contributed by atoms with Crippen LogP contribution in [0, 0.1) is 0 Å². The van der Waals surface area contributed by atoms with Crippen LogP contribution in [-0.2, 0) is 4.28 Å². The monoisotopic (exact) mass is 81.0 g/mol. The molecule has 0 aliphatic heterocycles. The minimum atomic E-state index is 0.134. The second kappa shape index (κ2) is 3.23. The predicted octanol–water partition coefficient (Wildman–Crippen LogP) is -0.00210. The van der Waals surface area contributed by atoms with Gasteiger partial charge in [-0.15, -0.1) is 0 Å². The van der Waals surface area contributed by atoms with Crippen LogP contribution in [-0.4, -0.2) is 4.55 Å². The summed E-state index contributed by atoms with van der Waals surface area (Å²) in [6, 6.07) is 0. The predicted molar refractivity (Wildman–Crippen MR) is 15.5 cm³/mol. The van der Waals surface area contributed by atoms with Gasteiger partial charge in [0, 0.05) is 0 Å². The van der Waals surface area contributed by atoms with Crippen molar-refractivity contribution in [3.8, 4) is 0 Å². The Morgan fingerprint density at radius 3 is 2.25 bits per heavy atom. The first-order valence-electron chi connectivity index (χ1n) is 0.585. The second-order valence-electron chi connectivity index (χ2n) is 0.171. The van der Waals surface area contributed by atoms with Crippen LogP contribution in [0.4, 0.5) is 0 Å². The fourth-order valence-electron chi connectivity index (χ4n) is 0. The van der Waals surface area contributed by atoms with E-state index in [9.17, 15) is 0 Å². The molecule has 0 atom stereocenters. The Morgan fingerprint density at radius 2 is 2.25 bits per heavy atom. The Kier molecular flexibility index (Phi) is 3.42. The number of hydrogen-bond donors (Lipinski definition) is 2. The molecular formula is H3NO2S. The summed E-state index contributed by atoms with van der Waals surface area (Å²) in [5.41, 5.74) is 0. The maximum atomic E-state index is 7.44. The standard InChI is InChI=1S/H3NO2S/c1-3-4-2/h2H,1H2. The lowest BCUT2D eigenvalue weighted by Crippen LogP contribution is -1.84. The van der Waals surface area contributed by atoms with Crippen molar-refractivity contribution in [3.05, 3.63) is 0 Å². The van der Waals surface area contributed by atoms with Gasteiger partial charge in [0.2, 0.25) is 0 Å². The summed E-state index contributed by atoms with van der Waals surface area (Å²) in [6.45, 7) is 0. The van der Waals surface area contributed by atoms with Crippen molar-refractivity contribution in [1.82, 2.24) is 0 Å². The largest absolute Gasteiger partial charge is 0.306 e. The molecule has 0 amide bonds. The Labute approximate surface area is 28.1 Å². The summed E-state index contributed by atoms with van der Waals surface area (Å²) in [7, 11) is 0. The molecule has 0 fully saturated rings. The minimum absolute atomic E-state index is 0.134. The number of nitrogens with two attached hydrogens (primary N) is 1. The van der Waals surface area contributed by atoms with E-state index >= 15 is 0 Å². The molecule has 3 nitrogen and oxygen atoms in total. The topological polar surface area (TPSA) is 55.5 Å². The van der Waals surface area contributed by atoms with Crippen LogP contribution in [0.5, 0.6) is 0 Å². The summed E-state index contributed by atoms with van der Waals surface area (Å²) in [6.07, 6.45) is 0. The molecule has 0 rings (SSSR count). The van der Waals surface area contributed by atoms with E-state index < -0.39 is 0 Å². The van der Waals surface area contributed by atoms with Crippen LogP contribution in [0.1, 0.15) is 0 Å². The van der Waals surface area contributed by atoms with E-state index in [1.54, 1.807) is 0 Å². The van der Waals surface area contributed by atoms with Crippen LogP contribution in [0.2, 0.25) is 0 Å². The zero-order valence-electron chi connectivity index (χ0n) is 1.84. The zero-order chi connectivity index (χ0) is 3.41. The first-order valence-corrected chi connectivity index (χ1v) is 1.28. The Balaban J connectivity index is 1.97. The molecule has 0 aliphatic carbocycles. The van der Waals surface area contributed by atoms with Crippen LogP contribution in [0.3, 0.4) is 0 Å². The van der Waals surface area contributed by atoms with E-state index in [4.69, 9.17) is 4.55 Å². The van der Waals surface area contributed by atoms with E-state index in [0.717, 1.165) is 0 Å². The lowest BCUT2D eigenvalue weighted by molar-refractivity contribution is 0.362. The van der Waals surface area contributed by atoms with Crippen molar-refractivity contribution >= 4 is 12.3 Å². The summed E-state index contributed by atoms with van der Waals surface area (Å²) in [5.74, 6) is 4.24. The molecule has 26 valence electrons. The molecule has 0 radical (unpaired) electrons. The summed E-state index contributed by atoms with van der Waals surface area (Å²) in [5, 5.41) is 0. The Bertz CT molecular complexity index is 8.00. The molecule has 0 spiro atoms. The van der Waals surface area contributed by atoms with Gasteiger partial charge in [0.25, 0.3) is 0 Å². The van der Waals surface area contributed by atoms with Crippen LogP contribution >= 0.6 is 12.3 Å². The summed E-state index contributed by atoms with van der Waals surface area (Å²) < 4.78 is 11.0. The molecule has 0 aromatic carbocycles. The molecule has 0 aliphatic rings. The van der Waals surface area contributed by atoms with Crippen LogP contribution < -0.4 is 5.90 Å². The first kappa shape index (κ1) is 4.23. The fourth-order valence-corrected chi connectivity index (χ4v) is 0. The summed E-state index contributed by atoms with van der Waals surface area (Å²) in [4.78, 5) is 0. The van der Waals surface area contributed by atoms with E-state index in [1.807, 2.05) is 0 Å². The molecule has 0 bridgehead atoms. The highest BCUT2D eigenvalue weighted by Gasteiger charge is 1.55. The highest BCUT2D eigenvalue weighted by atomic mass is 32.2. The van der Waals surface area contributed by atoms with Gasteiger partial charge in [0.1, 0.15) is 0 Å². The quantitative estimate of drug-likeness (QED) is 0.344. The molecule has 4 heteroatoms. The van der Waals surface area contributed by atoms with Crippen molar-refractivity contribution in [3.63, 3.8) is 0 Å². The van der Waals surface area contributed by atoms with Gasteiger partial charge >= 0.3 is 0 Å². The third kappa shape index (κ3) is 2.23. The van der Waals surface area contributed by atoms with Gasteiger partial charge in [-0.2, -0.15) is 5.90 Å². The average Bonchev–Trinajstić information content (AvgIpc) is 1.37. The van der Waals surface area contributed by atoms with Gasteiger partial charge in [-0.3, -0.25) is 0 Å². The van der Waals surface area contributed by atoms with Crippen molar-refractivity contribution < 1.29 is 8.84 Å². The van der Waals surface area contributed by atoms with Gasteiger partial charge in [-0.05, 0) is 0 Å². The highest BCUT2D eigenvalue weighted by Crippen LogP contribution is 1.79. The number of hydrogen-bond acceptors (Lipinski definition) is 4. The molecular weight excluding hydrogens is 78.1 g/mol. The summed E-state index contributed by atoms with van der Waals surface area (Å²) >= 11 is 0.134. The number of rotatable bonds is 1. The van der Waals surface area contributed by atoms with E-state index in [1.165, 1.54) is 0 Å². The minimum Gasteiger partial charge on any atom is -0.306 e. The zero-order valence-corrected chi connectivity index (χ0v) is 2.66. The second-order valence-corrected chi connectivity index (χ2v) is 0.512. The molecule has 3 N–H and O–H groups in total. The van der Waals surface area contributed by atoms with Gasteiger partial charge < -0.3 is 4.55 Å². The van der Waals surface area contributed by atoms with Crippen LogP contribution in [0.15, 0.2) is 0 Å². The highest BCUT2D eigenvalue weighted by molar-refractivity contribution is 7.88. The van der Waals surface area contributed by atoms with Gasteiger partial charge in [-0.25, -0.2) is 4.28 Å². The molecule has 0 aromatic heterocycles. The molecule has 0 saturated carbocycles. The third-order valence-electron chi connectivity index (χ3n) is 0.0430. The van der Waals surface area contributed by atoms with Crippen molar-refractivity contribution in [2.24, 2.45) is 5.90 Å². The van der Waals surface area contributed by atoms with E-state index in [2.05, 4.69) is 10.2 Å². The SMILES string of the molecule is NOSO.